The standard InChI is InChI=1S/C54H34N4/c1-2-17-38(18-3-1)57-49-26-11-7-20-41(49)45-33-47-43-22-9-13-28-51(43)58(52(47)34-46(45)42-21-8-12-27-50(42)57)54-55-48-25-10-6-23-44(48)53(56-54)37-31-29-36(30-32-37)40-24-14-16-35-15-4-5-19-39(35)40/h1-34H. The summed E-state index contributed by atoms with van der Waals surface area (Å²) in [6.07, 6.45) is 0. The number of aromatic nitrogens is 3. The normalized spacial score (nSPS) is 12.1. The summed E-state index contributed by atoms with van der Waals surface area (Å²) in [7, 11) is 0. The van der Waals surface area contributed by atoms with E-state index in [4.69, 9.17) is 9.97 Å². The van der Waals surface area contributed by atoms with Crippen LogP contribution in [0, 0.1) is 0 Å². The van der Waals surface area contributed by atoms with E-state index in [1.807, 2.05) is 0 Å². The van der Waals surface area contributed by atoms with Crippen LogP contribution in [0.3, 0.4) is 0 Å². The van der Waals surface area contributed by atoms with Crippen molar-refractivity contribution in [2.24, 2.45) is 0 Å². The summed E-state index contributed by atoms with van der Waals surface area (Å²) in [5.41, 5.74) is 15.5. The van der Waals surface area contributed by atoms with Gasteiger partial charge in [-0.25, -0.2) is 9.97 Å². The van der Waals surface area contributed by atoms with E-state index in [2.05, 4.69) is 216 Å². The van der Waals surface area contributed by atoms with Crippen molar-refractivity contribution < 1.29 is 0 Å². The molecule has 3 heterocycles. The molecule has 0 amide bonds. The molecule has 0 atom stereocenters. The highest BCUT2D eigenvalue weighted by molar-refractivity contribution is 6.15. The Morgan fingerprint density at radius 3 is 1.72 bits per heavy atom. The summed E-state index contributed by atoms with van der Waals surface area (Å²) in [5, 5.41) is 5.82. The van der Waals surface area contributed by atoms with Crippen molar-refractivity contribution in [3.05, 3.63) is 206 Å². The van der Waals surface area contributed by atoms with Crippen molar-refractivity contribution in [2.45, 2.75) is 0 Å². The third kappa shape index (κ3) is 4.95. The van der Waals surface area contributed by atoms with Gasteiger partial charge in [-0.2, -0.15) is 0 Å². The van der Waals surface area contributed by atoms with Gasteiger partial charge in [0.05, 0.1) is 33.6 Å². The Hall–Kier alpha value is -7.82. The molecule has 0 fully saturated rings. The van der Waals surface area contributed by atoms with E-state index >= 15 is 0 Å². The smallest absolute Gasteiger partial charge is 0.235 e. The first-order valence-corrected chi connectivity index (χ1v) is 19.8. The second-order valence-corrected chi connectivity index (χ2v) is 15.0. The van der Waals surface area contributed by atoms with Gasteiger partial charge < -0.3 is 4.90 Å². The van der Waals surface area contributed by atoms with Gasteiger partial charge in [-0.15, -0.1) is 0 Å². The minimum Gasteiger partial charge on any atom is -0.309 e. The zero-order chi connectivity index (χ0) is 38.2. The Morgan fingerprint density at radius 2 is 0.931 bits per heavy atom. The Kier molecular flexibility index (Phi) is 7.20. The topological polar surface area (TPSA) is 34.0 Å². The highest BCUT2D eigenvalue weighted by atomic mass is 15.2. The van der Waals surface area contributed by atoms with Crippen molar-refractivity contribution in [3.63, 3.8) is 0 Å². The number of benzene rings is 9. The zero-order valence-electron chi connectivity index (χ0n) is 31.4. The maximum absolute atomic E-state index is 5.47. The van der Waals surface area contributed by atoms with Crippen LogP contribution < -0.4 is 4.90 Å². The quantitative estimate of drug-likeness (QED) is 0.180. The lowest BCUT2D eigenvalue weighted by Gasteiger charge is -2.27. The summed E-state index contributed by atoms with van der Waals surface area (Å²) < 4.78 is 2.26. The molecule has 0 saturated carbocycles. The van der Waals surface area contributed by atoms with E-state index in [0.29, 0.717) is 5.95 Å². The average Bonchev–Trinajstić information content (AvgIpc) is 3.56. The first-order valence-electron chi connectivity index (χ1n) is 19.8. The number of fused-ring (bicyclic) bond motifs is 10. The molecule has 4 heteroatoms. The highest BCUT2D eigenvalue weighted by Gasteiger charge is 2.28. The minimum atomic E-state index is 0.645. The van der Waals surface area contributed by atoms with Crippen molar-refractivity contribution in [1.82, 2.24) is 14.5 Å². The molecule has 1 aliphatic rings. The summed E-state index contributed by atoms with van der Waals surface area (Å²) in [4.78, 5) is 13.2. The molecular formula is C54H34N4. The van der Waals surface area contributed by atoms with Crippen molar-refractivity contribution in [3.8, 4) is 50.6 Å². The summed E-state index contributed by atoms with van der Waals surface area (Å²) in [6.45, 7) is 0. The van der Waals surface area contributed by atoms with Crippen molar-refractivity contribution in [2.75, 3.05) is 4.90 Å². The van der Waals surface area contributed by atoms with Gasteiger partial charge in [-0.05, 0) is 81.6 Å². The Labute approximate surface area is 335 Å². The fourth-order valence-corrected chi connectivity index (χ4v) is 9.12. The Balaban J connectivity index is 1.09. The van der Waals surface area contributed by atoms with Crippen LogP contribution in [-0.4, -0.2) is 14.5 Å². The average molecular weight is 739 g/mol. The molecule has 2 aromatic heterocycles. The zero-order valence-corrected chi connectivity index (χ0v) is 31.4. The molecule has 0 bridgehead atoms. The number of nitrogens with zero attached hydrogens (tertiary/aromatic N) is 4. The number of hydrogen-bond acceptors (Lipinski definition) is 3. The number of anilines is 3. The van der Waals surface area contributed by atoms with Gasteiger partial charge in [-0.1, -0.05) is 158 Å². The van der Waals surface area contributed by atoms with Crippen LogP contribution >= 0.6 is 0 Å². The summed E-state index contributed by atoms with van der Waals surface area (Å²) >= 11 is 0. The van der Waals surface area contributed by atoms with E-state index < -0.39 is 0 Å². The van der Waals surface area contributed by atoms with Gasteiger partial charge in [0.25, 0.3) is 0 Å². The Bertz CT molecular complexity index is 3390. The van der Waals surface area contributed by atoms with E-state index in [-0.39, 0.29) is 0 Å². The maximum atomic E-state index is 5.47. The largest absolute Gasteiger partial charge is 0.309 e. The van der Waals surface area contributed by atoms with Crippen LogP contribution in [0.4, 0.5) is 17.1 Å². The van der Waals surface area contributed by atoms with Crippen LogP contribution in [0.1, 0.15) is 0 Å². The number of hydrogen-bond donors (Lipinski definition) is 0. The molecule has 12 rings (SSSR count). The Morgan fingerprint density at radius 1 is 0.345 bits per heavy atom. The van der Waals surface area contributed by atoms with Gasteiger partial charge >= 0.3 is 0 Å². The molecule has 0 N–H and O–H groups in total. The molecule has 0 spiro atoms. The first-order chi connectivity index (χ1) is 28.8. The lowest BCUT2D eigenvalue weighted by atomic mass is 9.92. The first kappa shape index (κ1) is 32.4. The van der Waals surface area contributed by atoms with Gasteiger partial charge in [0.15, 0.2) is 0 Å². The predicted molar refractivity (Wildman–Crippen MR) is 241 cm³/mol. The lowest BCUT2D eigenvalue weighted by Crippen LogP contribution is -2.10. The fourth-order valence-electron chi connectivity index (χ4n) is 9.12. The van der Waals surface area contributed by atoms with Crippen LogP contribution in [-0.2, 0) is 0 Å². The SMILES string of the molecule is c1ccc(N2c3ccccc3-c3cc4c5ccccc5n(-c5nc(-c6ccc(-c7cccc8ccccc78)cc6)c6ccccc6n5)c4cc3-c3ccccc32)cc1. The molecule has 0 aliphatic carbocycles. The molecule has 1 aliphatic heterocycles. The monoisotopic (exact) mass is 738 g/mol. The van der Waals surface area contributed by atoms with Crippen molar-refractivity contribution in [1.29, 1.82) is 0 Å². The second kappa shape index (κ2) is 12.9. The van der Waals surface area contributed by atoms with E-state index in [0.717, 1.165) is 61.0 Å². The lowest BCUT2D eigenvalue weighted by molar-refractivity contribution is 1.01. The van der Waals surface area contributed by atoms with E-state index in [9.17, 15) is 0 Å². The van der Waals surface area contributed by atoms with Gasteiger partial charge in [0.1, 0.15) is 0 Å². The molecule has 0 radical (unpaired) electrons. The molecule has 11 aromatic rings. The molecule has 9 aromatic carbocycles. The maximum Gasteiger partial charge on any atom is 0.235 e. The van der Waals surface area contributed by atoms with Crippen LogP contribution in [0.2, 0.25) is 0 Å². The van der Waals surface area contributed by atoms with Crippen molar-refractivity contribution >= 4 is 60.5 Å². The van der Waals surface area contributed by atoms with E-state index in [1.54, 1.807) is 0 Å². The minimum absolute atomic E-state index is 0.645. The molecule has 0 saturated heterocycles. The summed E-state index contributed by atoms with van der Waals surface area (Å²) in [6, 6.07) is 73.9. The molecule has 58 heavy (non-hydrogen) atoms. The van der Waals surface area contributed by atoms with Gasteiger partial charge in [0, 0.05) is 38.5 Å². The number of para-hydroxylation sites is 5. The van der Waals surface area contributed by atoms with Gasteiger partial charge in [-0.3, -0.25) is 4.57 Å². The van der Waals surface area contributed by atoms with E-state index in [1.165, 1.54) is 44.2 Å². The number of rotatable bonds is 4. The second-order valence-electron chi connectivity index (χ2n) is 15.0. The molecular weight excluding hydrogens is 705 g/mol. The molecule has 4 nitrogen and oxygen atoms in total. The molecule has 270 valence electrons. The van der Waals surface area contributed by atoms with Crippen LogP contribution in [0.5, 0.6) is 0 Å². The fraction of sp³-hybridized carbons (Fsp3) is 0. The third-order valence-corrected chi connectivity index (χ3v) is 11.7. The predicted octanol–water partition coefficient (Wildman–Crippen LogP) is 14.3. The van der Waals surface area contributed by atoms with Crippen LogP contribution in [0.15, 0.2) is 206 Å². The summed E-state index contributed by atoms with van der Waals surface area (Å²) in [5.74, 6) is 0.645. The highest BCUT2D eigenvalue weighted by Crippen LogP contribution is 2.52. The molecule has 0 unspecified atom stereocenters. The van der Waals surface area contributed by atoms with Crippen LogP contribution in [0.25, 0.3) is 94.1 Å². The third-order valence-electron chi connectivity index (χ3n) is 11.7. The van der Waals surface area contributed by atoms with Gasteiger partial charge in [0.2, 0.25) is 5.95 Å².